The van der Waals surface area contributed by atoms with E-state index in [1.54, 1.807) is 0 Å². The highest BCUT2D eigenvalue weighted by Gasteiger charge is 2.52. The Morgan fingerprint density at radius 2 is 0.883 bits per heavy atom. The van der Waals surface area contributed by atoms with Crippen LogP contribution in [0.5, 0.6) is 5.75 Å². The molecular weight excluding hydrogens is 775 g/mol. The normalized spacial score (nSPS) is 16.5. The summed E-state index contributed by atoms with van der Waals surface area (Å²) in [6.07, 6.45) is 4.32. The number of hydrogen-bond acceptors (Lipinski definition) is 4. The van der Waals surface area contributed by atoms with Crippen LogP contribution in [0.3, 0.4) is 0 Å². The molecule has 0 radical (unpaired) electrons. The van der Waals surface area contributed by atoms with E-state index in [9.17, 15) is 0 Å². The third-order valence-electron chi connectivity index (χ3n) is 12.3. The Bertz CT molecular complexity index is 2300. The van der Waals surface area contributed by atoms with Crippen LogP contribution >= 0.6 is 14.3 Å². The Balaban J connectivity index is 1.62. The van der Waals surface area contributed by atoms with Crippen LogP contribution in [0.2, 0.25) is 0 Å². The number of ether oxygens (including phenoxy) is 2. The van der Waals surface area contributed by atoms with Crippen molar-refractivity contribution < 1.29 is 18.6 Å². The van der Waals surface area contributed by atoms with Gasteiger partial charge in [0.2, 0.25) is 0 Å². The number of hydrogen-bond donors (Lipinski definition) is 0. The molecule has 0 fully saturated rings. The van der Waals surface area contributed by atoms with Gasteiger partial charge >= 0.3 is 0 Å². The summed E-state index contributed by atoms with van der Waals surface area (Å²) in [6.45, 7) is 27.3. The molecule has 6 rings (SSSR count). The summed E-state index contributed by atoms with van der Waals surface area (Å²) < 4.78 is 45.7. The fourth-order valence-corrected chi connectivity index (χ4v) is 13.4. The van der Waals surface area contributed by atoms with Crippen LogP contribution in [-0.2, 0) is 19.3 Å². The van der Waals surface area contributed by atoms with E-state index >= 15 is 9.13 Å². The van der Waals surface area contributed by atoms with Crippen LogP contribution in [0.25, 0.3) is 5.57 Å². The van der Waals surface area contributed by atoms with Gasteiger partial charge < -0.3 is 18.6 Å². The van der Waals surface area contributed by atoms with Gasteiger partial charge in [-0.15, -0.1) is 0 Å². The maximum Gasteiger partial charge on any atom is 0.178 e. The number of rotatable bonds is 11. The number of allylic oxidation sites excluding steroid dienone is 2. The Morgan fingerprint density at radius 3 is 1.25 bits per heavy atom. The van der Waals surface area contributed by atoms with Gasteiger partial charge in [0.15, 0.2) is 14.3 Å². The largest absolute Gasteiger partial charge is 0.484 e. The molecule has 60 heavy (non-hydrogen) atoms. The first-order valence-corrected chi connectivity index (χ1v) is 25.1. The van der Waals surface area contributed by atoms with Gasteiger partial charge in [0.1, 0.15) is 24.5 Å². The predicted molar refractivity (Wildman–Crippen MR) is 257 cm³/mol. The van der Waals surface area contributed by atoms with Gasteiger partial charge in [-0.1, -0.05) is 235 Å². The van der Waals surface area contributed by atoms with E-state index in [0.717, 1.165) is 43.5 Å². The van der Waals surface area contributed by atoms with Crippen LogP contribution in [0, 0.1) is 21.7 Å². The third kappa shape index (κ3) is 8.90. The van der Waals surface area contributed by atoms with E-state index in [-0.39, 0.29) is 34.4 Å². The van der Waals surface area contributed by atoms with Gasteiger partial charge in [0.05, 0.1) is 0 Å². The van der Waals surface area contributed by atoms with E-state index in [1.165, 1.54) is 0 Å². The van der Waals surface area contributed by atoms with Gasteiger partial charge in [-0.3, -0.25) is 0 Å². The lowest BCUT2D eigenvalue weighted by molar-refractivity contribution is 0.0544. The molecule has 5 aromatic carbocycles. The lowest BCUT2D eigenvalue weighted by atomic mass is 9.50. The Labute approximate surface area is 361 Å². The van der Waals surface area contributed by atoms with Gasteiger partial charge in [-0.25, -0.2) is 0 Å². The van der Waals surface area contributed by atoms with Gasteiger partial charge in [-0.2, -0.15) is 0 Å². The summed E-state index contributed by atoms with van der Waals surface area (Å²) in [6, 6.07) is 45.4. The van der Waals surface area contributed by atoms with Crippen molar-refractivity contribution in [3.05, 3.63) is 168 Å². The maximum absolute atomic E-state index is 15.6. The maximum atomic E-state index is 15.6. The van der Waals surface area contributed by atoms with Crippen molar-refractivity contribution >= 4 is 41.1 Å². The predicted octanol–water partition coefficient (Wildman–Crippen LogP) is 13.1. The van der Waals surface area contributed by atoms with Gasteiger partial charge in [0, 0.05) is 37.8 Å². The first kappa shape index (κ1) is 45.3. The summed E-state index contributed by atoms with van der Waals surface area (Å²) in [5.74, 6) is 0.693. The molecule has 0 saturated carbocycles. The molecule has 6 heteroatoms. The minimum absolute atomic E-state index is 0.000851. The SMILES string of the molecule is CC(C)(C)C1=CC(C(C)(C)C)(C(C)(C)C)C=C(c2cccc(C(C)(C)C)c2OCP(=O)(c2ccccc2)c2ccccc2)C1OCP(=O)(c1ccccc1)c1ccccc1. The minimum Gasteiger partial charge on any atom is -0.484 e. The molecule has 1 atom stereocenters. The lowest BCUT2D eigenvalue weighted by Crippen LogP contribution is -2.47. The van der Waals surface area contributed by atoms with Crippen molar-refractivity contribution in [2.75, 3.05) is 12.7 Å². The van der Waals surface area contributed by atoms with Crippen molar-refractivity contribution in [3.63, 3.8) is 0 Å². The smallest absolute Gasteiger partial charge is 0.178 e. The first-order chi connectivity index (χ1) is 28.0. The molecule has 1 aliphatic carbocycles. The topological polar surface area (TPSA) is 52.6 Å². The van der Waals surface area contributed by atoms with Crippen LogP contribution in [0.1, 0.15) is 94.2 Å². The molecule has 0 amide bonds. The van der Waals surface area contributed by atoms with E-state index in [1.807, 2.05) is 121 Å². The third-order valence-corrected chi connectivity index (χ3v) is 17.9. The zero-order valence-electron chi connectivity index (χ0n) is 38.0. The molecule has 0 bridgehead atoms. The molecular formula is C54H66O4P2. The quantitative estimate of drug-likeness (QED) is 0.0982. The number of para-hydroxylation sites is 1. The van der Waals surface area contributed by atoms with Crippen LogP contribution in [-0.4, -0.2) is 18.8 Å². The first-order valence-electron chi connectivity index (χ1n) is 21.3. The molecule has 0 aromatic heterocycles. The van der Waals surface area contributed by atoms with E-state index in [4.69, 9.17) is 9.47 Å². The average molecular weight is 841 g/mol. The monoisotopic (exact) mass is 840 g/mol. The molecule has 0 aliphatic heterocycles. The highest BCUT2D eigenvalue weighted by atomic mass is 31.2. The zero-order chi connectivity index (χ0) is 43.8. The van der Waals surface area contributed by atoms with Gasteiger partial charge in [0.25, 0.3) is 0 Å². The second-order valence-electron chi connectivity index (χ2n) is 20.5. The molecule has 0 saturated heterocycles. The molecule has 0 heterocycles. The Hall–Kier alpha value is -4.20. The van der Waals surface area contributed by atoms with Crippen molar-refractivity contribution in [3.8, 4) is 5.75 Å². The van der Waals surface area contributed by atoms with Crippen molar-refractivity contribution in [1.29, 1.82) is 0 Å². The standard InChI is InChI=1S/C54H66O4P2/c1-50(2,3)46-35-25-34-44(48(46)57-38-59(55,40-26-17-13-18-27-40)41-28-19-14-20-29-41)45-36-54(52(7,8)9,53(10,11)12)37-47(51(4,5)6)49(45)58-39-60(56,42-30-21-15-22-31-42)43-32-23-16-24-33-43/h13-37,49H,38-39H2,1-12H3. The molecule has 0 N–H and O–H groups in total. The molecule has 316 valence electrons. The molecule has 1 unspecified atom stereocenters. The van der Waals surface area contributed by atoms with Crippen molar-refractivity contribution in [2.24, 2.45) is 21.7 Å². The van der Waals surface area contributed by atoms with Gasteiger partial charge in [-0.05, 0) is 32.8 Å². The molecule has 0 spiro atoms. The second-order valence-corrected chi connectivity index (χ2v) is 26.1. The zero-order valence-corrected chi connectivity index (χ0v) is 39.7. The molecule has 4 nitrogen and oxygen atoms in total. The minimum atomic E-state index is -3.28. The summed E-state index contributed by atoms with van der Waals surface area (Å²) in [5, 5.41) is 3.01. The Morgan fingerprint density at radius 1 is 0.483 bits per heavy atom. The highest BCUT2D eigenvalue weighted by molar-refractivity contribution is 7.79. The van der Waals surface area contributed by atoms with E-state index < -0.39 is 25.8 Å². The summed E-state index contributed by atoms with van der Waals surface area (Å²) >= 11 is 0. The summed E-state index contributed by atoms with van der Waals surface area (Å²) in [4.78, 5) is 0. The summed E-state index contributed by atoms with van der Waals surface area (Å²) in [5.41, 5.74) is 2.44. The van der Waals surface area contributed by atoms with Crippen molar-refractivity contribution in [1.82, 2.24) is 0 Å². The molecule has 1 aliphatic rings. The van der Waals surface area contributed by atoms with Crippen molar-refractivity contribution in [2.45, 2.75) is 94.6 Å². The second kappa shape index (κ2) is 16.9. The lowest BCUT2D eigenvalue weighted by Gasteiger charge is -2.54. The highest BCUT2D eigenvalue weighted by Crippen LogP contribution is 2.61. The van der Waals surface area contributed by atoms with Crippen LogP contribution < -0.4 is 26.0 Å². The fourth-order valence-electron chi connectivity index (χ4n) is 8.97. The fraction of sp³-hybridized carbons (Fsp3) is 0.370. The number of benzene rings is 5. The van der Waals surface area contributed by atoms with Crippen LogP contribution in [0.4, 0.5) is 0 Å². The summed E-state index contributed by atoms with van der Waals surface area (Å²) in [7, 11) is -6.56. The average Bonchev–Trinajstić information content (AvgIpc) is 3.21. The molecule has 5 aromatic rings. The van der Waals surface area contributed by atoms with Crippen LogP contribution in [0.15, 0.2) is 157 Å². The Kier molecular flexibility index (Phi) is 12.8. The van der Waals surface area contributed by atoms with E-state index in [0.29, 0.717) is 5.75 Å². The van der Waals surface area contributed by atoms with E-state index in [2.05, 4.69) is 113 Å².